The van der Waals surface area contributed by atoms with E-state index in [4.69, 9.17) is 9.47 Å². The molecule has 22 heavy (non-hydrogen) atoms. The van der Waals surface area contributed by atoms with Crippen LogP contribution in [0.5, 0.6) is 11.5 Å². The van der Waals surface area contributed by atoms with Crippen LogP contribution in [0.1, 0.15) is 0 Å². The van der Waals surface area contributed by atoms with Crippen molar-refractivity contribution in [2.45, 2.75) is 26.2 Å². The van der Waals surface area contributed by atoms with Gasteiger partial charge in [0.25, 0.3) is 0 Å². The van der Waals surface area contributed by atoms with E-state index in [1.54, 1.807) is 14.2 Å². The van der Waals surface area contributed by atoms with Crippen LogP contribution in [0.2, 0.25) is 26.2 Å². The van der Waals surface area contributed by atoms with Gasteiger partial charge in [-0.1, -0.05) is 60.8 Å². The molecule has 0 aliphatic carbocycles. The summed E-state index contributed by atoms with van der Waals surface area (Å²) in [6.07, 6.45) is 0. The number of rotatable bonds is 5. The fraction of sp³-hybridized carbons (Fsp3) is 0.333. The Morgan fingerprint density at radius 2 is 0.818 bits per heavy atom. The first kappa shape index (κ1) is 16.8. The fourth-order valence-electron chi connectivity index (χ4n) is 2.74. The Balaban J connectivity index is 2.39. The van der Waals surface area contributed by atoms with Crippen molar-refractivity contribution in [3.8, 4) is 11.5 Å². The van der Waals surface area contributed by atoms with Crippen LogP contribution < -0.4 is 19.8 Å². The van der Waals surface area contributed by atoms with Crippen LogP contribution in [-0.2, 0) is 0 Å². The van der Waals surface area contributed by atoms with Gasteiger partial charge < -0.3 is 9.47 Å². The van der Waals surface area contributed by atoms with Crippen molar-refractivity contribution in [1.82, 2.24) is 0 Å². The highest BCUT2D eigenvalue weighted by Crippen LogP contribution is 2.21. The van der Waals surface area contributed by atoms with Gasteiger partial charge in [0, 0.05) is 0 Å². The summed E-state index contributed by atoms with van der Waals surface area (Å²) in [7, 11) is 0.295. The van der Waals surface area contributed by atoms with E-state index < -0.39 is 15.2 Å². The van der Waals surface area contributed by atoms with E-state index in [2.05, 4.69) is 74.7 Å². The first-order chi connectivity index (χ1) is 10.3. The Bertz CT molecular complexity index is 559. The van der Waals surface area contributed by atoms with E-state index in [9.17, 15) is 0 Å². The second-order valence-electron chi connectivity index (χ2n) is 6.71. The van der Waals surface area contributed by atoms with Crippen LogP contribution in [0.4, 0.5) is 0 Å². The summed E-state index contributed by atoms with van der Waals surface area (Å²) in [5.74, 6) is 1.86. The molecule has 0 N–H and O–H groups in total. The molecule has 4 heteroatoms. The molecule has 2 aromatic rings. The number of methoxy groups -OCH3 is 2. The number of benzene rings is 2. The number of ether oxygens (including phenoxy) is 2. The quantitative estimate of drug-likeness (QED) is 0.783. The zero-order valence-electron chi connectivity index (χ0n) is 14.4. The molecule has 0 fully saturated rings. The number of hydrogen-bond donors (Lipinski definition) is 0. The largest absolute Gasteiger partial charge is 0.497 e. The maximum Gasteiger partial charge on any atom is 0.118 e. The molecule has 2 aromatic carbocycles. The van der Waals surface area contributed by atoms with Gasteiger partial charge in [0.2, 0.25) is 0 Å². The summed E-state index contributed by atoms with van der Waals surface area (Å²) >= 11 is 0. The van der Waals surface area contributed by atoms with Crippen LogP contribution in [0.3, 0.4) is 0 Å². The maximum absolute atomic E-state index is 5.29. The van der Waals surface area contributed by atoms with Gasteiger partial charge in [-0.15, -0.1) is 0 Å². The highest BCUT2D eigenvalue weighted by Gasteiger charge is 2.43. The summed E-state index contributed by atoms with van der Waals surface area (Å²) in [5, 5.41) is 3.00. The Labute approximate surface area is 135 Å². The maximum atomic E-state index is 5.29. The van der Waals surface area contributed by atoms with Crippen molar-refractivity contribution >= 4 is 25.6 Å². The molecule has 0 atom stereocenters. The second kappa shape index (κ2) is 6.30. The predicted octanol–water partition coefficient (Wildman–Crippen LogP) is 3.31. The predicted molar refractivity (Wildman–Crippen MR) is 100 cm³/mol. The molecular weight excluding hydrogens is 304 g/mol. The summed E-state index contributed by atoms with van der Waals surface area (Å²) in [6.45, 7) is 9.97. The first-order valence-electron chi connectivity index (χ1n) is 7.62. The summed E-state index contributed by atoms with van der Waals surface area (Å²) in [4.78, 5) is 0. The lowest BCUT2D eigenvalue weighted by molar-refractivity contribution is 0.415. The monoisotopic (exact) mass is 330 g/mol. The second-order valence-corrected chi connectivity index (χ2v) is 21.9. The highest BCUT2D eigenvalue weighted by atomic mass is 29.3. The van der Waals surface area contributed by atoms with Crippen LogP contribution in [0, 0.1) is 0 Å². The van der Waals surface area contributed by atoms with Gasteiger partial charge in [-0.25, -0.2) is 0 Å². The third kappa shape index (κ3) is 2.98. The SMILES string of the molecule is COc1ccc([Si](C)(C)[Si](C)(C)c2ccc(OC)cc2)cc1. The lowest BCUT2D eigenvalue weighted by Gasteiger charge is -2.39. The van der Waals surface area contributed by atoms with Gasteiger partial charge in [-0.2, -0.15) is 0 Å². The highest BCUT2D eigenvalue weighted by molar-refractivity contribution is 7.49. The molecule has 2 rings (SSSR count). The summed E-state index contributed by atoms with van der Waals surface area (Å²) in [6, 6.07) is 17.4. The molecule has 0 aliphatic heterocycles. The lowest BCUT2D eigenvalue weighted by atomic mass is 10.3. The topological polar surface area (TPSA) is 18.5 Å². The zero-order valence-corrected chi connectivity index (χ0v) is 16.4. The average molecular weight is 331 g/mol. The summed E-state index contributed by atoms with van der Waals surface area (Å²) in [5.41, 5.74) is 0. The third-order valence-electron chi connectivity index (χ3n) is 5.19. The summed E-state index contributed by atoms with van der Waals surface area (Å²) < 4.78 is 10.6. The Morgan fingerprint density at radius 3 is 1.05 bits per heavy atom. The Morgan fingerprint density at radius 1 is 0.545 bits per heavy atom. The fourth-order valence-corrected chi connectivity index (χ4v) is 11.5. The first-order valence-corrected chi connectivity index (χ1v) is 14.6. The lowest BCUT2D eigenvalue weighted by Crippen LogP contribution is -2.69. The molecule has 0 unspecified atom stereocenters. The molecule has 0 spiro atoms. The molecule has 0 aromatic heterocycles. The van der Waals surface area contributed by atoms with Crippen molar-refractivity contribution in [1.29, 1.82) is 0 Å². The van der Waals surface area contributed by atoms with Crippen LogP contribution in [-0.4, -0.2) is 29.4 Å². The molecule has 0 saturated carbocycles. The van der Waals surface area contributed by atoms with E-state index in [0.29, 0.717) is 0 Å². The van der Waals surface area contributed by atoms with Gasteiger partial charge in [0.15, 0.2) is 0 Å². The smallest absolute Gasteiger partial charge is 0.118 e. The average Bonchev–Trinajstić information content (AvgIpc) is 2.54. The van der Waals surface area contributed by atoms with Gasteiger partial charge in [0.1, 0.15) is 11.5 Å². The van der Waals surface area contributed by atoms with E-state index in [1.165, 1.54) is 10.4 Å². The zero-order chi connectivity index (χ0) is 16.4. The Kier molecular flexibility index (Phi) is 4.82. The molecule has 2 nitrogen and oxygen atoms in total. The van der Waals surface area contributed by atoms with Crippen molar-refractivity contribution in [3.05, 3.63) is 48.5 Å². The number of hydrogen-bond acceptors (Lipinski definition) is 2. The standard InChI is InChI=1S/C18H26O2Si2/c1-19-15-7-11-17(12-8-15)21(3,4)22(5,6)18-13-9-16(20-2)10-14-18/h7-14H,1-6H3. The van der Waals surface area contributed by atoms with E-state index in [1.807, 2.05) is 0 Å². The minimum Gasteiger partial charge on any atom is -0.497 e. The normalized spacial score (nSPS) is 12.1. The minimum absolute atomic E-state index is 0.928. The molecule has 0 bridgehead atoms. The van der Waals surface area contributed by atoms with Crippen molar-refractivity contribution in [2.24, 2.45) is 0 Å². The van der Waals surface area contributed by atoms with E-state index >= 15 is 0 Å². The Hall–Kier alpha value is -1.53. The van der Waals surface area contributed by atoms with Crippen LogP contribution in [0.15, 0.2) is 48.5 Å². The van der Waals surface area contributed by atoms with E-state index in [0.717, 1.165) is 11.5 Å². The molecule has 0 aliphatic rings. The minimum atomic E-state index is -1.57. The molecule has 0 amide bonds. The van der Waals surface area contributed by atoms with Gasteiger partial charge in [-0.05, 0) is 24.3 Å². The van der Waals surface area contributed by atoms with Gasteiger partial charge >= 0.3 is 0 Å². The van der Waals surface area contributed by atoms with Crippen molar-refractivity contribution in [3.63, 3.8) is 0 Å². The van der Waals surface area contributed by atoms with Crippen molar-refractivity contribution < 1.29 is 9.47 Å². The molecule has 0 radical (unpaired) electrons. The van der Waals surface area contributed by atoms with Gasteiger partial charge in [-0.3, -0.25) is 0 Å². The van der Waals surface area contributed by atoms with E-state index in [-0.39, 0.29) is 0 Å². The molecule has 0 saturated heterocycles. The third-order valence-corrected chi connectivity index (χ3v) is 23.0. The van der Waals surface area contributed by atoms with Crippen LogP contribution in [0.25, 0.3) is 0 Å². The van der Waals surface area contributed by atoms with Gasteiger partial charge in [0.05, 0.1) is 29.4 Å². The molecular formula is C18H26O2Si2. The van der Waals surface area contributed by atoms with Crippen molar-refractivity contribution in [2.75, 3.05) is 14.2 Å². The van der Waals surface area contributed by atoms with Crippen LogP contribution >= 0.6 is 0 Å². The molecule has 118 valence electrons. The molecule has 0 heterocycles.